The van der Waals surface area contributed by atoms with E-state index in [1.165, 1.54) is 0 Å². The molecule has 0 bridgehead atoms. The smallest absolute Gasteiger partial charge is 0.162 e. The molecule has 0 aliphatic carbocycles. The lowest BCUT2D eigenvalue weighted by Crippen LogP contribution is -1.89. The highest BCUT2D eigenvalue weighted by Gasteiger charge is 2.10. The fourth-order valence-corrected chi connectivity index (χ4v) is 2.41. The second kappa shape index (κ2) is 3.98. The minimum absolute atomic E-state index is 0.724. The molecule has 0 aliphatic heterocycles. The van der Waals surface area contributed by atoms with E-state index in [0.717, 1.165) is 27.3 Å². The van der Waals surface area contributed by atoms with Gasteiger partial charge in [-0.25, -0.2) is 0 Å². The highest BCUT2D eigenvalue weighted by molar-refractivity contribution is 7.17. The van der Waals surface area contributed by atoms with Crippen molar-refractivity contribution in [2.75, 3.05) is 21.3 Å². The Morgan fingerprint density at radius 3 is 2.07 bits per heavy atom. The van der Waals surface area contributed by atoms with E-state index in [1.807, 2.05) is 17.5 Å². The van der Waals surface area contributed by atoms with Gasteiger partial charge in [-0.05, 0) is 6.07 Å². The zero-order valence-corrected chi connectivity index (χ0v) is 9.68. The molecule has 0 N–H and O–H groups in total. The summed E-state index contributed by atoms with van der Waals surface area (Å²) in [7, 11) is 4.93. The lowest BCUT2D eigenvalue weighted by molar-refractivity contribution is 0.355. The molecule has 1 heterocycles. The van der Waals surface area contributed by atoms with Gasteiger partial charge in [-0.15, -0.1) is 11.3 Å². The van der Waals surface area contributed by atoms with Crippen LogP contribution in [-0.4, -0.2) is 21.3 Å². The molecule has 0 amide bonds. The van der Waals surface area contributed by atoms with Crippen LogP contribution in [0.4, 0.5) is 0 Å². The lowest BCUT2D eigenvalue weighted by atomic mass is 10.2. The van der Waals surface area contributed by atoms with Crippen LogP contribution in [0.2, 0.25) is 0 Å². The number of rotatable bonds is 3. The monoisotopic (exact) mass is 224 g/mol. The largest absolute Gasteiger partial charge is 0.495 e. The third-order valence-electron chi connectivity index (χ3n) is 2.26. The van der Waals surface area contributed by atoms with E-state index in [1.54, 1.807) is 32.7 Å². The molecule has 2 aromatic rings. The molecule has 2 rings (SSSR count). The molecule has 0 radical (unpaired) electrons. The highest BCUT2D eigenvalue weighted by Crippen LogP contribution is 2.39. The van der Waals surface area contributed by atoms with Crippen molar-refractivity contribution in [3.63, 3.8) is 0 Å². The third kappa shape index (κ3) is 1.61. The fraction of sp³-hybridized carbons (Fsp3) is 0.273. The minimum Gasteiger partial charge on any atom is -0.495 e. The van der Waals surface area contributed by atoms with E-state index in [2.05, 4.69) is 0 Å². The molecule has 1 aromatic heterocycles. The molecule has 3 nitrogen and oxygen atoms in total. The summed E-state index contributed by atoms with van der Waals surface area (Å²) in [5, 5.41) is 3.03. The molecule has 15 heavy (non-hydrogen) atoms. The molecule has 0 spiro atoms. The molecule has 0 saturated carbocycles. The number of fused-ring (bicyclic) bond motifs is 1. The number of ether oxygens (including phenoxy) is 3. The van der Waals surface area contributed by atoms with Crippen LogP contribution in [0.3, 0.4) is 0 Å². The molecular formula is C11H12O3S. The molecule has 1 aromatic carbocycles. The standard InChI is InChI=1S/C11H12O3S/c1-12-8-4-7-10(14-3)6-15-11(7)5-9(8)13-2/h4-6H,1-3H3. The van der Waals surface area contributed by atoms with Gasteiger partial charge in [0, 0.05) is 21.5 Å². The molecule has 0 unspecified atom stereocenters. The Kier molecular flexibility index (Phi) is 2.68. The van der Waals surface area contributed by atoms with Crippen LogP contribution >= 0.6 is 11.3 Å². The lowest BCUT2D eigenvalue weighted by Gasteiger charge is -2.07. The predicted octanol–water partition coefficient (Wildman–Crippen LogP) is 2.93. The number of hydrogen-bond donors (Lipinski definition) is 0. The van der Waals surface area contributed by atoms with Gasteiger partial charge >= 0.3 is 0 Å². The Bertz CT molecular complexity index is 476. The summed E-state index contributed by atoms with van der Waals surface area (Å²) < 4.78 is 16.8. The van der Waals surface area contributed by atoms with E-state index in [4.69, 9.17) is 14.2 Å². The topological polar surface area (TPSA) is 27.7 Å². The maximum absolute atomic E-state index is 5.25. The van der Waals surface area contributed by atoms with E-state index in [-0.39, 0.29) is 0 Å². The third-order valence-corrected chi connectivity index (χ3v) is 3.19. The van der Waals surface area contributed by atoms with Gasteiger partial charge < -0.3 is 14.2 Å². The maximum Gasteiger partial charge on any atom is 0.162 e. The van der Waals surface area contributed by atoms with Crippen LogP contribution in [0, 0.1) is 0 Å². The second-order valence-electron chi connectivity index (χ2n) is 3.01. The van der Waals surface area contributed by atoms with E-state index in [0.29, 0.717) is 0 Å². The summed E-state index contributed by atoms with van der Waals surface area (Å²) >= 11 is 1.63. The molecular weight excluding hydrogens is 212 g/mol. The summed E-state index contributed by atoms with van der Waals surface area (Å²) in [6, 6.07) is 3.89. The average molecular weight is 224 g/mol. The van der Waals surface area contributed by atoms with Crippen LogP contribution in [0.15, 0.2) is 17.5 Å². The average Bonchev–Trinajstić information content (AvgIpc) is 2.68. The summed E-state index contributed by atoms with van der Waals surface area (Å²) in [6.07, 6.45) is 0. The van der Waals surface area contributed by atoms with Crippen LogP contribution < -0.4 is 14.2 Å². The van der Waals surface area contributed by atoms with Crippen molar-refractivity contribution < 1.29 is 14.2 Å². The first kappa shape index (κ1) is 10.1. The van der Waals surface area contributed by atoms with Crippen molar-refractivity contribution in [3.8, 4) is 17.2 Å². The number of thiophene rings is 1. The van der Waals surface area contributed by atoms with Crippen LogP contribution in [0.5, 0.6) is 17.2 Å². The van der Waals surface area contributed by atoms with Crippen molar-refractivity contribution in [1.29, 1.82) is 0 Å². The molecule has 0 fully saturated rings. The van der Waals surface area contributed by atoms with Gasteiger partial charge in [0.2, 0.25) is 0 Å². The quantitative estimate of drug-likeness (QED) is 0.802. The van der Waals surface area contributed by atoms with Gasteiger partial charge in [-0.3, -0.25) is 0 Å². The van der Waals surface area contributed by atoms with Crippen molar-refractivity contribution in [2.45, 2.75) is 0 Å². The van der Waals surface area contributed by atoms with Crippen LogP contribution in [0.25, 0.3) is 10.1 Å². The zero-order valence-electron chi connectivity index (χ0n) is 8.87. The van der Waals surface area contributed by atoms with Crippen molar-refractivity contribution in [2.24, 2.45) is 0 Å². The molecule has 0 saturated heterocycles. The molecule has 4 heteroatoms. The normalized spacial score (nSPS) is 10.3. The Morgan fingerprint density at radius 2 is 1.47 bits per heavy atom. The first-order chi connectivity index (χ1) is 7.30. The van der Waals surface area contributed by atoms with E-state index in [9.17, 15) is 0 Å². The zero-order chi connectivity index (χ0) is 10.8. The predicted molar refractivity (Wildman–Crippen MR) is 61.5 cm³/mol. The van der Waals surface area contributed by atoms with E-state index >= 15 is 0 Å². The van der Waals surface area contributed by atoms with Crippen LogP contribution in [-0.2, 0) is 0 Å². The molecule has 80 valence electrons. The Hall–Kier alpha value is -1.42. The number of methoxy groups -OCH3 is 3. The van der Waals surface area contributed by atoms with Gasteiger partial charge in [0.05, 0.1) is 21.3 Å². The first-order valence-corrected chi connectivity index (χ1v) is 5.35. The summed E-state index contributed by atoms with van der Waals surface area (Å²) in [5.41, 5.74) is 0. The molecule has 0 atom stereocenters. The van der Waals surface area contributed by atoms with E-state index < -0.39 is 0 Å². The van der Waals surface area contributed by atoms with Gasteiger partial charge in [0.25, 0.3) is 0 Å². The highest BCUT2D eigenvalue weighted by atomic mass is 32.1. The first-order valence-electron chi connectivity index (χ1n) is 4.47. The van der Waals surface area contributed by atoms with Crippen molar-refractivity contribution >= 4 is 21.4 Å². The maximum atomic E-state index is 5.25. The SMILES string of the molecule is COc1cc2scc(OC)c2cc1OC. The van der Waals surface area contributed by atoms with Gasteiger partial charge in [0.15, 0.2) is 11.5 Å². The van der Waals surface area contributed by atoms with Crippen LogP contribution in [0.1, 0.15) is 0 Å². The Balaban J connectivity index is 2.66. The summed E-state index contributed by atoms with van der Waals surface area (Å²) in [6.45, 7) is 0. The second-order valence-corrected chi connectivity index (χ2v) is 3.92. The van der Waals surface area contributed by atoms with Gasteiger partial charge in [-0.2, -0.15) is 0 Å². The van der Waals surface area contributed by atoms with Crippen molar-refractivity contribution in [1.82, 2.24) is 0 Å². The molecule has 0 aliphatic rings. The summed E-state index contributed by atoms with van der Waals surface area (Å²) in [4.78, 5) is 0. The number of hydrogen-bond acceptors (Lipinski definition) is 4. The van der Waals surface area contributed by atoms with Crippen molar-refractivity contribution in [3.05, 3.63) is 17.5 Å². The van der Waals surface area contributed by atoms with Gasteiger partial charge in [0.1, 0.15) is 5.75 Å². The summed E-state index contributed by atoms with van der Waals surface area (Å²) in [5.74, 6) is 2.34. The number of benzene rings is 1. The minimum atomic E-state index is 0.724. The Morgan fingerprint density at radius 1 is 0.867 bits per heavy atom. The Labute approximate surface area is 92.2 Å². The fourth-order valence-electron chi connectivity index (χ4n) is 1.49. The van der Waals surface area contributed by atoms with Gasteiger partial charge in [-0.1, -0.05) is 0 Å².